The number of furan rings is 1. The highest BCUT2D eigenvalue weighted by Gasteiger charge is 2.40. The van der Waals surface area contributed by atoms with Gasteiger partial charge in [0.1, 0.15) is 6.04 Å². The summed E-state index contributed by atoms with van der Waals surface area (Å²) < 4.78 is 5.09. The lowest BCUT2D eigenvalue weighted by Crippen LogP contribution is -2.54. The SMILES string of the molecule is CCN1CCC(N(C(=O)C(C)NC(=O)c2ccco2)C2CC2)CC1. The summed E-state index contributed by atoms with van der Waals surface area (Å²) in [7, 11) is 0. The van der Waals surface area contributed by atoms with E-state index in [9.17, 15) is 9.59 Å². The number of carbonyl (C=O) groups excluding carboxylic acids is 2. The van der Waals surface area contributed by atoms with Gasteiger partial charge in [0, 0.05) is 25.2 Å². The lowest BCUT2D eigenvalue weighted by molar-refractivity contribution is -0.137. The van der Waals surface area contributed by atoms with Gasteiger partial charge in [0.05, 0.1) is 6.26 Å². The topological polar surface area (TPSA) is 65.8 Å². The molecule has 2 amide bonds. The van der Waals surface area contributed by atoms with Crippen LogP contribution in [0, 0.1) is 0 Å². The molecule has 1 saturated carbocycles. The molecular weight excluding hydrogens is 306 g/mol. The van der Waals surface area contributed by atoms with Crippen LogP contribution in [0.2, 0.25) is 0 Å². The number of likely N-dealkylation sites (tertiary alicyclic amines) is 1. The number of nitrogens with zero attached hydrogens (tertiary/aromatic N) is 2. The van der Waals surface area contributed by atoms with Gasteiger partial charge in [-0.15, -0.1) is 0 Å². The lowest BCUT2D eigenvalue weighted by atomic mass is 10.0. The highest BCUT2D eigenvalue weighted by molar-refractivity contribution is 5.95. The van der Waals surface area contributed by atoms with Gasteiger partial charge in [-0.2, -0.15) is 0 Å². The number of piperidine rings is 1. The quantitative estimate of drug-likeness (QED) is 0.863. The predicted molar refractivity (Wildman–Crippen MR) is 90.6 cm³/mol. The van der Waals surface area contributed by atoms with Crippen LogP contribution < -0.4 is 5.32 Å². The van der Waals surface area contributed by atoms with E-state index in [1.165, 1.54) is 6.26 Å². The van der Waals surface area contributed by atoms with Crippen molar-refractivity contribution in [2.24, 2.45) is 0 Å². The fourth-order valence-corrected chi connectivity index (χ4v) is 3.49. The molecule has 1 unspecified atom stereocenters. The fraction of sp³-hybridized carbons (Fsp3) is 0.667. The molecule has 0 radical (unpaired) electrons. The summed E-state index contributed by atoms with van der Waals surface area (Å²) >= 11 is 0. The molecule has 1 N–H and O–H groups in total. The number of hydrogen-bond donors (Lipinski definition) is 1. The third kappa shape index (κ3) is 3.80. The standard InChI is InChI=1S/C18H27N3O3/c1-3-20-10-8-15(9-11-20)21(14-6-7-14)18(23)13(2)19-17(22)16-5-4-12-24-16/h4-5,12-15H,3,6-11H2,1-2H3,(H,19,22). The normalized spacial score (nSPS) is 20.6. The maximum absolute atomic E-state index is 12.9. The Bertz CT molecular complexity index is 560. The van der Waals surface area contributed by atoms with E-state index in [-0.39, 0.29) is 17.6 Å². The highest BCUT2D eigenvalue weighted by Crippen LogP contribution is 2.32. The van der Waals surface area contributed by atoms with Gasteiger partial charge in [-0.25, -0.2) is 0 Å². The van der Waals surface area contributed by atoms with Crippen LogP contribution in [0.1, 0.15) is 50.1 Å². The van der Waals surface area contributed by atoms with Gasteiger partial charge in [0.25, 0.3) is 5.91 Å². The maximum atomic E-state index is 12.9. The van der Waals surface area contributed by atoms with E-state index in [1.54, 1.807) is 19.1 Å². The van der Waals surface area contributed by atoms with Gasteiger partial charge in [-0.1, -0.05) is 6.92 Å². The molecule has 0 spiro atoms. The number of nitrogens with one attached hydrogen (secondary N) is 1. The molecule has 132 valence electrons. The molecule has 1 atom stereocenters. The Morgan fingerprint density at radius 2 is 1.96 bits per heavy atom. The van der Waals surface area contributed by atoms with Crippen molar-refractivity contribution in [2.75, 3.05) is 19.6 Å². The van der Waals surface area contributed by atoms with E-state index in [4.69, 9.17) is 4.42 Å². The van der Waals surface area contributed by atoms with Gasteiger partial charge in [0.15, 0.2) is 5.76 Å². The average Bonchev–Trinajstić information content (AvgIpc) is 3.26. The smallest absolute Gasteiger partial charge is 0.287 e. The molecule has 24 heavy (non-hydrogen) atoms. The number of amides is 2. The zero-order valence-electron chi connectivity index (χ0n) is 14.5. The summed E-state index contributed by atoms with van der Waals surface area (Å²) in [4.78, 5) is 29.5. The van der Waals surface area contributed by atoms with Crippen LogP contribution in [0.5, 0.6) is 0 Å². The molecule has 1 saturated heterocycles. The zero-order valence-corrected chi connectivity index (χ0v) is 14.5. The first-order valence-electron chi connectivity index (χ1n) is 8.99. The second-order valence-electron chi connectivity index (χ2n) is 6.81. The van der Waals surface area contributed by atoms with E-state index >= 15 is 0 Å². The summed E-state index contributed by atoms with van der Waals surface area (Å²) in [5, 5.41) is 2.77. The van der Waals surface area contributed by atoms with Crippen molar-refractivity contribution >= 4 is 11.8 Å². The molecule has 1 aliphatic heterocycles. The summed E-state index contributed by atoms with van der Waals surface area (Å²) in [5.41, 5.74) is 0. The first kappa shape index (κ1) is 17.0. The van der Waals surface area contributed by atoms with Crippen LogP contribution in [0.3, 0.4) is 0 Å². The summed E-state index contributed by atoms with van der Waals surface area (Å²) in [6, 6.07) is 3.40. The average molecular weight is 333 g/mol. The van der Waals surface area contributed by atoms with Crippen LogP contribution in [0.4, 0.5) is 0 Å². The Morgan fingerprint density at radius 1 is 1.29 bits per heavy atom. The number of carbonyl (C=O) groups is 2. The van der Waals surface area contributed by atoms with Crippen molar-refractivity contribution in [1.82, 2.24) is 15.1 Å². The van der Waals surface area contributed by atoms with Gasteiger partial charge in [0.2, 0.25) is 5.91 Å². The first-order chi connectivity index (χ1) is 11.6. The minimum absolute atomic E-state index is 0.0346. The molecule has 2 heterocycles. The largest absolute Gasteiger partial charge is 0.459 e. The van der Waals surface area contributed by atoms with Crippen molar-refractivity contribution in [1.29, 1.82) is 0 Å². The third-order valence-corrected chi connectivity index (χ3v) is 5.06. The molecule has 2 aliphatic rings. The zero-order chi connectivity index (χ0) is 17.1. The molecule has 2 fully saturated rings. The summed E-state index contributed by atoms with van der Waals surface area (Å²) in [5.74, 6) is -0.0615. The molecule has 1 aromatic rings. The molecule has 6 nitrogen and oxygen atoms in total. The van der Waals surface area contributed by atoms with Crippen LogP contribution >= 0.6 is 0 Å². The lowest BCUT2D eigenvalue weighted by Gasteiger charge is -2.39. The van der Waals surface area contributed by atoms with Gasteiger partial charge < -0.3 is 19.5 Å². The molecule has 0 bridgehead atoms. The number of hydrogen-bond acceptors (Lipinski definition) is 4. The summed E-state index contributed by atoms with van der Waals surface area (Å²) in [6.07, 6.45) is 5.67. The summed E-state index contributed by atoms with van der Waals surface area (Å²) in [6.45, 7) is 7.10. The van der Waals surface area contributed by atoms with Crippen molar-refractivity contribution in [2.45, 2.75) is 57.7 Å². The van der Waals surface area contributed by atoms with Crippen LogP contribution in [-0.2, 0) is 4.79 Å². The van der Waals surface area contributed by atoms with Crippen molar-refractivity contribution in [3.8, 4) is 0 Å². The van der Waals surface area contributed by atoms with Crippen LogP contribution in [0.25, 0.3) is 0 Å². The Balaban J connectivity index is 1.61. The van der Waals surface area contributed by atoms with E-state index in [2.05, 4.69) is 22.0 Å². The van der Waals surface area contributed by atoms with E-state index in [0.717, 1.165) is 45.3 Å². The Hall–Kier alpha value is -1.82. The Kier molecular flexibility index (Phi) is 5.23. The molecular formula is C18H27N3O3. The van der Waals surface area contributed by atoms with Crippen molar-refractivity contribution < 1.29 is 14.0 Å². The van der Waals surface area contributed by atoms with Gasteiger partial charge in [-0.05, 0) is 51.3 Å². The molecule has 1 aliphatic carbocycles. The van der Waals surface area contributed by atoms with E-state index in [0.29, 0.717) is 12.1 Å². The number of rotatable bonds is 6. The van der Waals surface area contributed by atoms with E-state index < -0.39 is 6.04 Å². The monoisotopic (exact) mass is 333 g/mol. The Labute approximate surface area is 143 Å². The van der Waals surface area contributed by atoms with Crippen LogP contribution in [-0.4, -0.2) is 59.4 Å². The molecule has 0 aromatic carbocycles. The minimum atomic E-state index is -0.535. The second kappa shape index (κ2) is 7.38. The second-order valence-corrected chi connectivity index (χ2v) is 6.81. The van der Waals surface area contributed by atoms with E-state index in [1.807, 2.05) is 0 Å². The Morgan fingerprint density at radius 3 is 2.50 bits per heavy atom. The minimum Gasteiger partial charge on any atom is -0.459 e. The molecule has 3 rings (SSSR count). The van der Waals surface area contributed by atoms with Crippen LogP contribution in [0.15, 0.2) is 22.8 Å². The third-order valence-electron chi connectivity index (χ3n) is 5.06. The van der Waals surface area contributed by atoms with Crippen molar-refractivity contribution in [3.05, 3.63) is 24.2 Å². The highest BCUT2D eigenvalue weighted by atomic mass is 16.3. The first-order valence-corrected chi connectivity index (χ1v) is 8.99. The fourth-order valence-electron chi connectivity index (χ4n) is 3.49. The maximum Gasteiger partial charge on any atom is 0.287 e. The molecule has 6 heteroatoms. The predicted octanol–water partition coefficient (Wildman–Crippen LogP) is 1.87. The van der Waals surface area contributed by atoms with Gasteiger partial charge in [-0.3, -0.25) is 9.59 Å². The molecule has 1 aromatic heterocycles. The van der Waals surface area contributed by atoms with Gasteiger partial charge >= 0.3 is 0 Å². The van der Waals surface area contributed by atoms with Crippen molar-refractivity contribution in [3.63, 3.8) is 0 Å².